The van der Waals surface area contributed by atoms with Crippen LogP contribution in [0.4, 0.5) is 5.69 Å². The van der Waals surface area contributed by atoms with Crippen LogP contribution in [0.2, 0.25) is 0 Å². The van der Waals surface area contributed by atoms with Crippen LogP contribution in [-0.2, 0) is 4.79 Å². The Labute approximate surface area is 142 Å². The molecule has 0 bridgehead atoms. The maximum atomic E-state index is 12.4. The molecular weight excluding hydrogens is 398 g/mol. The number of benzene rings is 1. The van der Waals surface area contributed by atoms with Gasteiger partial charge in [-0.15, -0.1) is 0 Å². The minimum atomic E-state index is 0.0616. The number of halogens is 2. The number of anilines is 1. The van der Waals surface area contributed by atoms with E-state index in [-0.39, 0.29) is 17.9 Å². The first-order valence-electron chi connectivity index (χ1n) is 7.42. The van der Waals surface area contributed by atoms with Gasteiger partial charge in [0.05, 0.1) is 5.69 Å². The molecule has 1 heterocycles. The summed E-state index contributed by atoms with van der Waals surface area (Å²) in [4.78, 5) is 14.3. The zero-order valence-corrected chi connectivity index (χ0v) is 15.1. The third-order valence-corrected chi connectivity index (χ3v) is 6.24. The molecule has 1 aromatic carbocycles. The quantitative estimate of drug-likeness (QED) is 0.678. The fourth-order valence-corrected chi connectivity index (χ4v) is 4.41. The van der Waals surface area contributed by atoms with Crippen LogP contribution in [0, 0.1) is 5.41 Å². The molecule has 0 atom stereocenters. The molecule has 5 heteroatoms. The number of rotatable bonds is 3. The van der Waals surface area contributed by atoms with E-state index in [4.69, 9.17) is 4.74 Å². The second-order valence-corrected chi connectivity index (χ2v) is 7.55. The third kappa shape index (κ3) is 3.14. The maximum Gasteiger partial charge on any atom is 0.265 e. The zero-order valence-electron chi connectivity index (χ0n) is 11.9. The van der Waals surface area contributed by atoms with Crippen LogP contribution in [0.5, 0.6) is 5.75 Å². The Kier molecular flexibility index (Phi) is 4.60. The van der Waals surface area contributed by atoms with Gasteiger partial charge in [-0.2, -0.15) is 0 Å². The lowest BCUT2D eigenvalue weighted by Crippen LogP contribution is -2.47. The van der Waals surface area contributed by atoms with Gasteiger partial charge in [0, 0.05) is 16.3 Å². The standard InChI is InChI=1S/C16H19Br2NO2/c17-10-16(6-2-1-3-7-16)11-19-13-8-12(18)4-5-14(13)21-9-15(19)20/h4-5,8H,1-3,6-7,9-11H2. The normalized spacial score (nSPS) is 20.9. The van der Waals surface area contributed by atoms with Gasteiger partial charge in [0.15, 0.2) is 6.61 Å². The smallest absolute Gasteiger partial charge is 0.265 e. The molecule has 0 unspecified atom stereocenters. The molecule has 1 aromatic rings. The first-order valence-corrected chi connectivity index (χ1v) is 9.34. The van der Waals surface area contributed by atoms with E-state index in [1.807, 2.05) is 23.1 Å². The van der Waals surface area contributed by atoms with Gasteiger partial charge in [0.2, 0.25) is 0 Å². The first kappa shape index (κ1) is 15.3. The molecule has 1 fully saturated rings. The lowest BCUT2D eigenvalue weighted by atomic mass is 9.75. The molecule has 3 nitrogen and oxygen atoms in total. The molecule has 0 aromatic heterocycles. The van der Waals surface area contributed by atoms with E-state index in [0.717, 1.165) is 27.8 Å². The fourth-order valence-electron chi connectivity index (χ4n) is 3.32. The monoisotopic (exact) mass is 415 g/mol. The van der Waals surface area contributed by atoms with Gasteiger partial charge >= 0.3 is 0 Å². The Hall–Kier alpha value is -0.550. The summed E-state index contributed by atoms with van der Waals surface area (Å²) in [5.41, 5.74) is 1.09. The fraction of sp³-hybridized carbons (Fsp3) is 0.562. The van der Waals surface area contributed by atoms with Crippen molar-refractivity contribution < 1.29 is 9.53 Å². The molecule has 3 rings (SSSR count). The van der Waals surface area contributed by atoms with Crippen molar-refractivity contribution in [2.75, 3.05) is 23.4 Å². The number of carbonyl (C=O) groups is 1. The summed E-state index contributed by atoms with van der Waals surface area (Å²) in [5, 5.41) is 0.952. The van der Waals surface area contributed by atoms with Crippen molar-refractivity contribution in [2.45, 2.75) is 32.1 Å². The van der Waals surface area contributed by atoms with Gasteiger partial charge in [0.25, 0.3) is 5.91 Å². The average molecular weight is 417 g/mol. The summed E-state index contributed by atoms with van der Waals surface area (Å²) >= 11 is 7.18. The number of nitrogens with zero attached hydrogens (tertiary/aromatic N) is 1. The minimum Gasteiger partial charge on any atom is -0.482 e. The number of fused-ring (bicyclic) bond motifs is 1. The SMILES string of the molecule is O=C1COc2ccc(Br)cc2N1CC1(CBr)CCCCC1. The summed E-state index contributed by atoms with van der Waals surface area (Å²) in [7, 11) is 0. The molecule has 0 N–H and O–H groups in total. The van der Waals surface area contributed by atoms with Gasteiger partial charge in [-0.05, 0) is 36.5 Å². The van der Waals surface area contributed by atoms with Crippen molar-refractivity contribution in [2.24, 2.45) is 5.41 Å². The lowest BCUT2D eigenvalue weighted by molar-refractivity contribution is -0.121. The highest BCUT2D eigenvalue weighted by Crippen LogP contribution is 2.42. The molecule has 2 aliphatic rings. The summed E-state index contributed by atoms with van der Waals surface area (Å²) in [6.07, 6.45) is 6.21. The molecule has 0 radical (unpaired) electrons. The number of amides is 1. The van der Waals surface area contributed by atoms with Crippen LogP contribution in [0.3, 0.4) is 0 Å². The molecule has 1 aliphatic carbocycles. The van der Waals surface area contributed by atoms with Crippen molar-refractivity contribution in [1.29, 1.82) is 0 Å². The predicted octanol–water partition coefficient (Wildman–Crippen LogP) is 4.52. The van der Waals surface area contributed by atoms with Crippen molar-refractivity contribution in [3.8, 4) is 5.75 Å². The molecule has 0 saturated heterocycles. The highest BCUT2D eigenvalue weighted by atomic mass is 79.9. The Bertz CT molecular complexity index is 541. The Balaban J connectivity index is 1.90. The number of ether oxygens (including phenoxy) is 1. The molecule has 1 saturated carbocycles. The van der Waals surface area contributed by atoms with E-state index in [1.165, 1.54) is 32.1 Å². The molecule has 1 aliphatic heterocycles. The second-order valence-electron chi connectivity index (χ2n) is 6.07. The number of alkyl halides is 1. The van der Waals surface area contributed by atoms with Crippen molar-refractivity contribution >= 4 is 43.5 Å². The van der Waals surface area contributed by atoms with Crippen LogP contribution in [0.25, 0.3) is 0 Å². The highest BCUT2D eigenvalue weighted by molar-refractivity contribution is 9.10. The van der Waals surface area contributed by atoms with E-state index in [2.05, 4.69) is 31.9 Å². The van der Waals surface area contributed by atoms with Gasteiger partial charge < -0.3 is 9.64 Å². The van der Waals surface area contributed by atoms with Crippen molar-refractivity contribution in [3.05, 3.63) is 22.7 Å². The number of hydrogen-bond donors (Lipinski definition) is 0. The number of hydrogen-bond acceptors (Lipinski definition) is 2. The first-order chi connectivity index (χ1) is 10.1. The topological polar surface area (TPSA) is 29.5 Å². The minimum absolute atomic E-state index is 0.0616. The molecule has 0 spiro atoms. The second kappa shape index (κ2) is 6.29. The van der Waals surface area contributed by atoms with Crippen molar-refractivity contribution in [1.82, 2.24) is 0 Å². The predicted molar refractivity (Wildman–Crippen MR) is 91.3 cm³/mol. The third-order valence-electron chi connectivity index (χ3n) is 4.56. The van der Waals surface area contributed by atoms with E-state index in [0.29, 0.717) is 0 Å². The highest BCUT2D eigenvalue weighted by Gasteiger charge is 2.37. The molecule has 1 amide bonds. The van der Waals surface area contributed by atoms with E-state index < -0.39 is 0 Å². The van der Waals surface area contributed by atoms with Gasteiger partial charge in [-0.3, -0.25) is 4.79 Å². The van der Waals surface area contributed by atoms with Crippen LogP contribution in [0.1, 0.15) is 32.1 Å². The lowest BCUT2D eigenvalue weighted by Gasteiger charge is -2.41. The zero-order chi connectivity index (χ0) is 14.9. The summed E-state index contributed by atoms with van der Waals surface area (Å²) in [6, 6.07) is 5.87. The Morgan fingerprint density at radius 2 is 2.00 bits per heavy atom. The van der Waals surface area contributed by atoms with Crippen LogP contribution in [0.15, 0.2) is 22.7 Å². The van der Waals surface area contributed by atoms with Crippen LogP contribution >= 0.6 is 31.9 Å². The van der Waals surface area contributed by atoms with E-state index >= 15 is 0 Å². The van der Waals surface area contributed by atoms with Crippen molar-refractivity contribution in [3.63, 3.8) is 0 Å². The Morgan fingerprint density at radius 1 is 1.24 bits per heavy atom. The molecular formula is C16H19Br2NO2. The molecule has 21 heavy (non-hydrogen) atoms. The van der Waals surface area contributed by atoms with E-state index in [9.17, 15) is 4.79 Å². The van der Waals surface area contributed by atoms with Gasteiger partial charge in [-0.1, -0.05) is 51.1 Å². The number of carbonyl (C=O) groups excluding carboxylic acids is 1. The summed E-state index contributed by atoms with van der Waals surface area (Å²) in [5.74, 6) is 0.866. The summed E-state index contributed by atoms with van der Waals surface area (Å²) < 4.78 is 6.53. The maximum absolute atomic E-state index is 12.4. The Morgan fingerprint density at radius 3 is 2.71 bits per heavy atom. The van der Waals surface area contributed by atoms with Gasteiger partial charge in [-0.25, -0.2) is 0 Å². The van der Waals surface area contributed by atoms with E-state index in [1.54, 1.807) is 0 Å². The molecule has 114 valence electrons. The van der Waals surface area contributed by atoms with Gasteiger partial charge in [0.1, 0.15) is 5.75 Å². The van der Waals surface area contributed by atoms with Crippen LogP contribution in [-0.4, -0.2) is 24.4 Å². The van der Waals surface area contributed by atoms with Crippen LogP contribution < -0.4 is 9.64 Å². The largest absolute Gasteiger partial charge is 0.482 e. The average Bonchev–Trinajstić information content (AvgIpc) is 2.51. The summed E-state index contributed by atoms with van der Waals surface area (Å²) in [6.45, 7) is 0.927.